The predicted octanol–water partition coefficient (Wildman–Crippen LogP) is 3.06. The maximum atomic E-state index is 11.4. The van der Waals surface area contributed by atoms with Crippen molar-refractivity contribution in [3.8, 4) is 11.3 Å². The van der Waals surface area contributed by atoms with Crippen LogP contribution in [0.25, 0.3) is 11.3 Å². The Bertz CT molecular complexity index is 860. The number of rotatable bonds is 3. The van der Waals surface area contributed by atoms with Crippen LogP contribution in [0.4, 0.5) is 5.13 Å². The van der Waals surface area contributed by atoms with Crippen molar-refractivity contribution in [2.75, 3.05) is 11.1 Å². The van der Waals surface area contributed by atoms with Crippen LogP contribution in [0.5, 0.6) is 0 Å². The number of aromatic nitrogens is 1. The summed E-state index contributed by atoms with van der Waals surface area (Å²) < 4.78 is 22.7. The molecule has 2 aromatic rings. The second-order valence-electron chi connectivity index (χ2n) is 4.91. The highest BCUT2D eigenvalue weighted by Gasteiger charge is 2.22. The Hall–Kier alpha value is -1.48. The van der Waals surface area contributed by atoms with E-state index in [9.17, 15) is 8.42 Å². The van der Waals surface area contributed by atoms with Crippen molar-refractivity contribution in [2.45, 2.75) is 6.04 Å². The summed E-state index contributed by atoms with van der Waals surface area (Å²) in [6.45, 7) is 0. The molecule has 23 heavy (non-hydrogen) atoms. The van der Waals surface area contributed by atoms with Gasteiger partial charge in [0.25, 0.3) is 0 Å². The predicted molar refractivity (Wildman–Crippen MR) is 98.6 cm³/mol. The molecule has 0 amide bonds. The Morgan fingerprint density at radius 3 is 2.74 bits per heavy atom. The van der Waals surface area contributed by atoms with Crippen molar-refractivity contribution in [3.63, 3.8) is 0 Å². The number of hydrogen-bond donors (Lipinski definition) is 2. The third-order valence-electron chi connectivity index (χ3n) is 3.11. The molecule has 1 atom stereocenters. The molecule has 0 saturated heterocycles. The third kappa shape index (κ3) is 4.29. The van der Waals surface area contributed by atoms with Crippen LogP contribution in [0.15, 0.2) is 41.1 Å². The van der Waals surface area contributed by atoms with E-state index in [1.165, 1.54) is 16.7 Å². The van der Waals surface area contributed by atoms with E-state index in [2.05, 4.69) is 15.6 Å². The van der Waals surface area contributed by atoms with E-state index in [4.69, 9.17) is 23.8 Å². The van der Waals surface area contributed by atoms with Crippen molar-refractivity contribution in [1.82, 2.24) is 10.3 Å². The second-order valence-corrected chi connectivity index (χ2v) is 8.54. The fraction of sp³-hybridized carbons (Fsp3) is 0.143. The fourth-order valence-corrected chi connectivity index (χ4v) is 4.45. The van der Waals surface area contributed by atoms with Crippen LogP contribution in [-0.2, 0) is 9.84 Å². The lowest BCUT2D eigenvalue weighted by atomic mass is 10.2. The highest BCUT2D eigenvalue weighted by Crippen LogP contribution is 2.26. The van der Waals surface area contributed by atoms with Gasteiger partial charge in [-0.3, -0.25) is 0 Å². The first-order valence-electron chi connectivity index (χ1n) is 6.61. The molecule has 5 nitrogen and oxygen atoms in total. The molecule has 2 N–H and O–H groups in total. The molecule has 1 aromatic carbocycles. The molecule has 0 spiro atoms. The SMILES string of the molecule is O=S1(=O)C=C[C@H](NC(=S)Nc2nc(-c3ccc(Cl)cc3)cs2)C1. The van der Waals surface area contributed by atoms with Gasteiger partial charge in [0.15, 0.2) is 20.1 Å². The van der Waals surface area contributed by atoms with E-state index >= 15 is 0 Å². The summed E-state index contributed by atoms with van der Waals surface area (Å²) in [5, 5.41) is 10.7. The minimum Gasteiger partial charge on any atom is -0.355 e. The van der Waals surface area contributed by atoms with Crippen molar-refractivity contribution in [1.29, 1.82) is 0 Å². The molecule has 3 rings (SSSR count). The summed E-state index contributed by atoms with van der Waals surface area (Å²) in [6.07, 6.45) is 1.59. The highest BCUT2D eigenvalue weighted by molar-refractivity contribution is 7.94. The average molecular weight is 386 g/mol. The Balaban J connectivity index is 1.62. The van der Waals surface area contributed by atoms with Crippen LogP contribution in [0.2, 0.25) is 5.02 Å². The normalized spacial score (nSPS) is 18.7. The third-order valence-corrected chi connectivity index (χ3v) is 5.74. The van der Waals surface area contributed by atoms with Crippen LogP contribution >= 0.6 is 35.2 Å². The molecule has 2 heterocycles. The number of hydrogen-bond acceptors (Lipinski definition) is 5. The number of halogens is 1. The van der Waals surface area contributed by atoms with E-state index in [-0.39, 0.29) is 11.8 Å². The Kier molecular flexibility index (Phi) is 4.67. The first kappa shape index (κ1) is 16.4. The fourth-order valence-electron chi connectivity index (χ4n) is 2.05. The molecule has 120 valence electrons. The number of thiocarbonyl (C=S) groups is 1. The van der Waals surface area contributed by atoms with Gasteiger partial charge in [-0.1, -0.05) is 23.7 Å². The second kappa shape index (κ2) is 6.56. The Labute approximate surface area is 148 Å². The van der Waals surface area contributed by atoms with Gasteiger partial charge in [-0.15, -0.1) is 11.3 Å². The molecule has 1 aliphatic heterocycles. The summed E-state index contributed by atoms with van der Waals surface area (Å²) in [5.74, 6) is 0.0166. The van der Waals surface area contributed by atoms with Crippen LogP contribution < -0.4 is 10.6 Å². The summed E-state index contributed by atoms with van der Waals surface area (Å²) in [4.78, 5) is 4.45. The molecule has 0 saturated carbocycles. The van der Waals surface area contributed by atoms with Gasteiger partial charge in [0.2, 0.25) is 0 Å². The maximum absolute atomic E-state index is 11.4. The summed E-state index contributed by atoms with van der Waals surface area (Å²) in [7, 11) is -3.10. The number of thiazole rings is 1. The van der Waals surface area contributed by atoms with Gasteiger partial charge in [0.05, 0.1) is 17.5 Å². The molecule has 0 bridgehead atoms. The standard InChI is InChI=1S/C14H12ClN3O2S3/c15-10-3-1-9(2-4-10)12-7-22-14(17-12)18-13(21)16-11-5-6-23(19,20)8-11/h1-7,11H,8H2,(H2,16,17,18,21)/t11-/m0/s1. The van der Waals surface area contributed by atoms with Crippen LogP contribution in [0, 0.1) is 0 Å². The zero-order valence-corrected chi connectivity index (χ0v) is 14.9. The van der Waals surface area contributed by atoms with Crippen LogP contribution in [-0.4, -0.2) is 30.3 Å². The number of benzene rings is 1. The smallest absolute Gasteiger partial charge is 0.189 e. The summed E-state index contributed by atoms with van der Waals surface area (Å²) >= 11 is 12.5. The van der Waals surface area contributed by atoms with E-state index < -0.39 is 9.84 Å². The van der Waals surface area contributed by atoms with Gasteiger partial charge in [0.1, 0.15) is 0 Å². The summed E-state index contributed by atoms with van der Waals surface area (Å²) in [5.41, 5.74) is 1.78. The quantitative estimate of drug-likeness (QED) is 0.791. The van der Waals surface area contributed by atoms with Crippen LogP contribution in [0.1, 0.15) is 0 Å². The lowest BCUT2D eigenvalue weighted by Gasteiger charge is -2.12. The lowest BCUT2D eigenvalue weighted by Crippen LogP contribution is -2.38. The van der Waals surface area contributed by atoms with Gasteiger partial charge in [-0.25, -0.2) is 13.4 Å². The van der Waals surface area contributed by atoms with E-state index in [1.54, 1.807) is 6.08 Å². The van der Waals surface area contributed by atoms with E-state index in [0.29, 0.717) is 15.3 Å². The first-order chi connectivity index (χ1) is 10.9. The molecule has 0 unspecified atom stereocenters. The summed E-state index contributed by atoms with van der Waals surface area (Å²) in [6, 6.07) is 7.10. The van der Waals surface area contributed by atoms with Crippen molar-refractivity contribution >= 4 is 55.2 Å². The molecule has 0 fully saturated rings. The molecule has 0 radical (unpaired) electrons. The zero-order valence-electron chi connectivity index (χ0n) is 11.7. The molecule has 0 aliphatic carbocycles. The largest absolute Gasteiger partial charge is 0.355 e. The Morgan fingerprint density at radius 1 is 1.35 bits per heavy atom. The molecule has 1 aliphatic rings. The van der Waals surface area contributed by atoms with E-state index in [1.807, 2.05) is 29.6 Å². The van der Waals surface area contributed by atoms with Gasteiger partial charge >= 0.3 is 0 Å². The monoisotopic (exact) mass is 385 g/mol. The van der Waals surface area contributed by atoms with Gasteiger partial charge in [0, 0.05) is 21.4 Å². The number of nitrogens with one attached hydrogen (secondary N) is 2. The number of nitrogens with zero attached hydrogens (tertiary/aromatic N) is 1. The topological polar surface area (TPSA) is 71.1 Å². The number of anilines is 1. The van der Waals surface area contributed by atoms with Crippen molar-refractivity contribution in [2.24, 2.45) is 0 Å². The molecule has 1 aromatic heterocycles. The minimum absolute atomic E-state index is 0.0166. The van der Waals surface area contributed by atoms with Gasteiger partial charge in [-0.2, -0.15) is 0 Å². The number of sulfone groups is 1. The van der Waals surface area contributed by atoms with Crippen molar-refractivity contribution in [3.05, 3.63) is 46.2 Å². The van der Waals surface area contributed by atoms with E-state index in [0.717, 1.165) is 11.3 Å². The van der Waals surface area contributed by atoms with Crippen molar-refractivity contribution < 1.29 is 8.42 Å². The average Bonchev–Trinajstić information content (AvgIpc) is 3.06. The molecule has 9 heteroatoms. The zero-order chi connectivity index (χ0) is 16.4. The minimum atomic E-state index is -3.10. The Morgan fingerprint density at radius 2 is 2.09 bits per heavy atom. The first-order valence-corrected chi connectivity index (χ1v) is 9.99. The van der Waals surface area contributed by atoms with Gasteiger partial charge in [-0.05, 0) is 30.4 Å². The maximum Gasteiger partial charge on any atom is 0.189 e. The highest BCUT2D eigenvalue weighted by atomic mass is 35.5. The molecular weight excluding hydrogens is 374 g/mol. The van der Waals surface area contributed by atoms with Crippen LogP contribution in [0.3, 0.4) is 0 Å². The lowest BCUT2D eigenvalue weighted by molar-refractivity contribution is 0.603. The van der Waals surface area contributed by atoms with Gasteiger partial charge < -0.3 is 10.6 Å². The molecular formula is C14H12ClN3O2S3.